The molecule has 23 heavy (non-hydrogen) atoms. The van der Waals surface area contributed by atoms with Crippen molar-refractivity contribution in [1.29, 1.82) is 0 Å². The zero-order valence-corrected chi connectivity index (χ0v) is 13.6. The van der Waals surface area contributed by atoms with Crippen LogP contribution in [0.1, 0.15) is 22.8 Å². The van der Waals surface area contributed by atoms with Gasteiger partial charge in [0, 0.05) is 31.5 Å². The summed E-state index contributed by atoms with van der Waals surface area (Å²) in [5.74, 6) is -0.214. The second-order valence-corrected chi connectivity index (χ2v) is 6.03. The molecule has 1 aromatic heterocycles. The summed E-state index contributed by atoms with van der Waals surface area (Å²) in [6.45, 7) is 4.54. The average Bonchev–Trinajstić information content (AvgIpc) is 2.95. The van der Waals surface area contributed by atoms with Crippen LogP contribution in [-0.4, -0.2) is 45.6 Å². The summed E-state index contributed by atoms with van der Waals surface area (Å²) in [5.41, 5.74) is 2.50. The molecule has 120 valence electrons. The predicted octanol–water partition coefficient (Wildman–Crippen LogP) is 1.61. The fourth-order valence-electron chi connectivity index (χ4n) is 2.87. The first-order chi connectivity index (χ1) is 11.0. The summed E-state index contributed by atoms with van der Waals surface area (Å²) >= 11 is 0. The Morgan fingerprint density at radius 3 is 2.78 bits per heavy atom. The predicted molar refractivity (Wildman–Crippen MR) is 87.2 cm³/mol. The largest absolute Gasteiger partial charge is 0.325 e. The van der Waals surface area contributed by atoms with E-state index in [1.54, 1.807) is 27.7 Å². The minimum Gasteiger partial charge on any atom is -0.325 e. The van der Waals surface area contributed by atoms with Crippen LogP contribution in [0.5, 0.6) is 0 Å². The van der Waals surface area contributed by atoms with E-state index in [1.807, 2.05) is 38.1 Å². The van der Waals surface area contributed by atoms with E-state index in [0.717, 1.165) is 11.3 Å². The van der Waals surface area contributed by atoms with Crippen LogP contribution in [0.15, 0.2) is 36.7 Å². The molecule has 0 radical (unpaired) electrons. The van der Waals surface area contributed by atoms with Crippen molar-refractivity contribution in [2.24, 2.45) is 7.05 Å². The molecule has 1 unspecified atom stereocenters. The van der Waals surface area contributed by atoms with Crippen molar-refractivity contribution < 1.29 is 9.59 Å². The third kappa shape index (κ3) is 2.97. The van der Waals surface area contributed by atoms with Gasteiger partial charge >= 0.3 is 0 Å². The minimum absolute atomic E-state index is 0.0547. The monoisotopic (exact) mass is 312 g/mol. The molecule has 1 fully saturated rings. The molecule has 6 heteroatoms. The standard InChI is InChI=1S/C17H20N4O2/c1-12-5-4-6-15(7-12)21-9-13(2)20(11-16(21)22)17(23)14-8-18-19(3)10-14/h4-8,10,13H,9,11H2,1-3H3. The Morgan fingerprint density at radius 2 is 2.13 bits per heavy atom. The molecule has 3 rings (SSSR count). The van der Waals surface area contributed by atoms with Gasteiger partial charge in [0.05, 0.1) is 11.8 Å². The van der Waals surface area contributed by atoms with Crippen LogP contribution in [0.2, 0.25) is 0 Å². The van der Waals surface area contributed by atoms with Gasteiger partial charge in [0.15, 0.2) is 0 Å². The Bertz CT molecular complexity index is 753. The van der Waals surface area contributed by atoms with E-state index in [4.69, 9.17) is 0 Å². The third-order valence-corrected chi connectivity index (χ3v) is 4.11. The molecule has 0 N–H and O–H groups in total. The van der Waals surface area contributed by atoms with Gasteiger partial charge < -0.3 is 9.80 Å². The Balaban J connectivity index is 1.79. The third-order valence-electron chi connectivity index (χ3n) is 4.11. The maximum Gasteiger partial charge on any atom is 0.257 e. The number of amides is 2. The molecule has 1 aliphatic rings. The highest BCUT2D eigenvalue weighted by Crippen LogP contribution is 2.22. The minimum atomic E-state index is -0.150. The van der Waals surface area contributed by atoms with Crippen LogP contribution >= 0.6 is 0 Å². The summed E-state index contributed by atoms with van der Waals surface area (Å²) in [6.07, 6.45) is 3.21. The van der Waals surface area contributed by atoms with Crippen molar-refractivity contribution in [3.63, 3.8) is 0 Å². The van der Waals surface area contributed by atoms with Crippen molar-refractivity contribution in [2.75, 3.05) is 18.0 Å². The number of carbonyl (C=O) groups excluding carboxylic acids is 2. The average molecular weight is 312 g/mol. The molecule has 2 heterocycles. The molecule has 2 amide bonds. The Hall–Kier alpha value is -2.63. The number of benzene rings is 1. The first kappa shape index (κ1) is 15.3. The van der Waals surface area contributed by atoms with E-state index in [2.05, 4.69) is 5.10 Å². The number of anilines is 1. The second kappa shape index (κ2) is 5.87. The highest BCUT2D eigenvalue weighted by Gasteiger charge is 2.34. The van der Waals surface area contributed by atoms with Gasteiger partial charge in [0.25, 0.3) is 5.91 Å². The van der Waals surface area contributed by atoms with Gasteiger partial charge in [-0.3, -0.25) is 14.3 Å². The summed E-state index contributed by atoms with van der Waals surface area (Å²) < 4.78 is 1.59. The Morgan fingerprint density at radius 1 is 1.35 bits per heavy atom. The lowest BCUT2D eigenvalue weighted by molar-refractivity contribution is -0.121. The van der Waals surface area contributed by atoms with E-state index in [-0.39, 0.29) is 24.4 Å². The van der Waals surface area contributed by atoms with Gasteiger partial charge in [-0.05, 0) is 31.5 Å². The fraction of sp³-hybridized carbons (Fsp3) is 0.353. The van der Waals surface area contributed by atoms with Gasteiger partial charge in [0.1, 0.15) is 6.54 Å². The molecule has 2 aromatic rings. The van der Waals surface area contributed by atoms with E-state index < -0.39 is 0 Å². The van der Waals surface area contributed by atoms with Crippen LogP contribution in [-0.2, 0) is 11.8 Å². The lowest BCUT2D eigenvalue weighted by atomic mass is 10.1. The molecule has 1 aromatic carbocycles. The van der Waals surface area contributed by atoms with Gasteiger partial charge in [-0.2, -0.15) is 5.10 Å². The summed E-state index contributed by atoms with van der Waals surface area (Å²) in [5, 5.41) is 4.02. The number of rotatable bonds is 2. The number of nitrogens with zero attached hydrogens (tertiary/aromatic N) is 4. The molecular weight excluding hydrogens is 292 g/mol. The Kier molecular flexibility index (Phi) is 3.90. The number of hydrogen-bond donors (Lipinski definition) is 0. The first-order valence-corrected chi connectivity index (χ1v) is 7.62. The Labute approximate surface area is 135 Å². The van der Waals surface area contributed by atoms with Crippen LogP contribution in [0.4, 0.5) is 5.69 Å². The maximum atomic E-state index is 12.6. The molecule has 1 aliphatic heterocycles. The lowest BCUT2D eigenvalue weighted by Crippen LogP contribution is -2.57. The first-order valence-electron chi connectivity index (χ1n) is 7.62. The summed E-state index contributed by atoms with van der Waals surface area (Å²) in [7, 11) is 1.76. The van der Waals surface area contributed by atoms with E-state index in [0.29, 0.717) is 12.1 Å². The normalized spacial score (nSPS) is 18.4. The quantitative estimate of drug-likeness (QED) is 0.846. The van der Waals surface area contributed by atoms with E-state index in [9.17, 15) is 9.59 Å². The van der Waals surface area contributed by atoms with Gasteiger partial charge in [-0.15, -0.1) is 0 Å². The molecule has 0 aliphatic carbocycles. The molecular formula is C17H20N4O2. The number of aryl methyl sites for hydroxylation is 2. The van der Waals surface area contributed by atoms with Crippen molar-refractivity contribution in [1.82, 2.24) is 14.7 Å². The summed E-state index contributed by atoms with van der Waals surface area (Å²) in [6, 6.07) is 7.80. The van der Waals surface area contributed by atoms with Crippen molar-refractivity contribution in [3.8, 4) is 0 Å². The number of hydrogen-bond acceptors (Lipinski definition) is 3. The van der Waals surface area contributed by atoms with Crippen molar-refractivity contribution >= 4 is 17.5 Å². The van der Waals surface area contributed by atoms with Crippen LogP contribution in [0.25, 0.3) is 0 Å². The van der Waals surface area contributed by atoms with Gasteiger partial charge in [-0.25, -0.2) is 0 Å². The van der Waals surface area contributed by atoms with Crippen molar-refractivity contribution in [2.45, 2.75) is 19.9 Å². The second-order valence-electron chi connectivity index (χ2n) is 6.03. The maximum absolute atomic E-state index is 12.6. The molecule has 1 atom stereocenters. The lowest BCUT2D eigenvalue weighted by Gasteiger charge is -2.39. The van der Waals surface area contributed by atoms with Crippen LogP contribution < -0.4 is 4.90 Å². The molecule has 6 nitrogen and oxygen atoms in total. The molecule has 0 spiro atoms. The molecule has 0 bridgehead atoms. The molecule has 1 saturated heterocycles. The van der Waals surface area contributed by atoms with Gasteiger partial charge in [-0.1, -0.05) is 12.1 Å². The topological polar surface area (TPSA) is 58.4 Å². The van der Waals surface area contributed by atoms with Gasteiger partial charge in [0.2, 0.25) is 5.91 Å². The smallest absolute Gasteiger partial charge is 0.257 e. The number of aromatic nitrogens is 2. The number of piperazine rings is 1. The highest BCUT2D eigenvalue weighted by molar-refractivity contribution is 6.01. The zero-order valence-electron chi connectivity index (χ0n) is 13.6. The van der Waals surface area contributed by atoms with Crippen LogP contribution in [0.3, 0.4) is 0 Å². The van der Waals surface area contributed by atoms with Crippen LogP contribution in [0, 0.1) is 6.92 Å². The van der Waals surface area contributed by atoms with Crippen molar-refractivity contribution in [3.05, 3.63) is 47.8 Å². The zero-order chi connectivity index (χ0) is 16.6. The highest BCUT2D eigenvalue weighted by atomic mass is 16.2. The SMILES string of the molecule is Cc1cccc(N2CC(C)N(C(=O)c3cnn(C)c3)CC2=O)c1. The number of carbonyl (C=O) groups is 2. The summed E-state index contributed by atoms with van der Waals surface area (Å²) in [4.78, 5) is 28.5. The fourth-order valence-corrected chi connectivity index (χ4v) is 2.87. The van der Waals surface area contributed by atoms with E-state index in [1.165, 1.54) is 6.20 Å². The van der Waals surface area contributed by atoms with E-state index >= 15 is 0 Å². The molecule has 0 saturated carbocycles.